The maximum Gasteiger partial charge on any atom is 0.193 e. The second-order valence-corrected chi connectivity index (χ2v) is 5.54. The number of nitrogen functional groups attached to an aromatic ring is 1. The molecule has 0 aromatic heterocycles. The molecule has 2 N–H and O–H groups in total. The van der Waals surface area contributed by atoms with Gasteiger partial charge in [0.05, 0.1) is 0 Å². The van der Waals surface area contributed by atoms with E-state index in [2.05, 4.69) is 6.07 Å². The van der Waals surface area contributed by atoms with E-state index < -0.39 is 0 Å². The van der Waals surface area contributed by atoms with E-state index >= 15 is 0 Å². The summed E-state index contributed by atoms with van der Waals surface area (Å²) in [5, 5.41) is 0. The number of anilines is 1. The Morgan fingerprint density at radius 3 is 1.90 bits per heavy atom. The van der Waals surface area contributed by atoms with E-state index in [0.29, 0.717) is 5.56 Å². The van der Waals surface area contributed by atoms with Crippen LogP contribution in [0.15, 0.2) is 24.3 Å². The van der Waals surface area contributed by atoms with Crippen LogP contribution in [0.4, 0.5) is 5.69 Å². The van der Waals surface area contributed by atoms with Gasteiger partial charge in [0.25, 0.3) is 0 Å². The minimum Gasteiger partial charge on any atom is -0.399 e. The summed E-state index contributed by atoms with van der Waals surface area (Å²) >= 11 is 0. The van der Waals surface area contributed by atoms with Gasteiger partial charge in [0.15, 0.2) is 5.78 Å². The molecule has 0 aliphatic heterocycles. The van der Waals surface area contributed by atoms with Crippen LogP contribution in [0.3, 0.4) is 0 Å². The lowest BCUT2D eigenvalue weighted by molar-refractivity contribution is 0.103. The molecule has 2 heteroatoms. The third-order valence-electron chi connectivity index (χ3n) is 4.13. The van der Waals surface area contributed by atoms with Crippen LogP contribution in [-0.2, 0) is 0 Å². The second kappa shape index (κ2) is 5.12. The number of ketones is 1. The topological polar surface area (TPSA) is 43.1 Å². The summed E-state index contributed by atoms with van der Waals surface area (Å²) in [7, 11) is 0. The molecule has 0 radical (unpaired) electrons. The van der Waals surface area contributed by atoms with Gasteiger partial charge in [0.1, 0.15) is 0 Å². The number of rotatable bonds is 2. The predicted molar refractivity (Wildman–Crippen MR) is 84.4 cm³/mol. The molecular weight excluding hydrogens is 246 g/mol. The molecule has 0 saturated carbocycles. The molecule has 0 fully saturated rings. The Kier molecular flexibility index (Phi) is 3.67. The summed E-state index contributed by atoms with van der Waals surface area (Å²) in [6.45, 7) is 10.0. The third kappa shape index (κ3) is 2.34. The molecule has 0 spiro atoms. The molecule has 20 heavy (non-hydrogen) atoms. The SMILES string of the molecule is Cc1cc(C(=O)c2c(C)c(C)cc(C)c2C)ccc1N. The first-order valence-corrected chi connectivity index (χ1v) is 6.81. The number of carbonyl (C=O) groups is 1. The first kappa shape index (κ1) is 14.3. The number of carbonyl (C=O) groups excluding carboxylic acids is 1. The van der Waals surface area contributed by atoms with E-state index in [1.165, 1.54) is 0 Å². The van der Waals surface area contributed by atoms with Crippen molar-refractivity contribution < 1.29 is 4.79 Å². The van der Waals surface area contributed by atoms with Crippen LogP contribution in [0.25, 0.3) is 0 Å². The van der Waals surface area contributed by atoms with E-state index in [1.807, 2.05) is 40.7 Å². The van der Waals surface area contributed by atoms with Crippen molar-refractivity contribution in [1.29, 1.82) is 0 Å². The predicted octanol–water partition coefficient (Wildman–Crippen LogP) is 4.04. The van der Waals surface area contributed by atoms with Crippen LogP contribution in [0.5, 0.6) is 0 Å². The van der Waals surface area contributed by atoms with Crippen molar-refractivity contribution in [3.63, 3.8) is 0 Å². The molecule has 104 valence electrons. The maximum atomic E-state index is 12.8. The van der Waals surface area contributed by atoms with Gasteiger partial charge in [-0.15, -0.1) is 0 Å². The van der Waals surface area contributed by atoms with Gasteiger partial charge in [-0.3, -0.25) is 4.79 Å². The Balaban J connectivity index is 2.62. The zero-order valence-corrected chi connectivity index (χ0v) is 12.8. The van der Waals surface area contributed by atoms with E-state index in [1.54, 1.807) is 12.1 Å². The monoisotopic (exact) mass is 267 g/mol. The van der Waals surface area contributed by atoms with Crippen LogP contribution < -0.4 is 5.73 Å². The summed E-state index contributed by atoms with van der Waals surface area (Å²) in [5.41, 5.74) is 13.4. The standard InChI is InChI=1S/C18H21NO/c1-10-8-11(2)14(5)17(13(10)4)18(20)15-6-7-16(19)12(3)9-15/h6-9H,19H2,1-5H3. The van der Waals surface area contributed by atoms with E-state index in [0.717, 1.165) is 39.1 Å². The molecule has 0 saturated heterocycles. The smallest absolute Gasteiger partial charge is 0.193 e. The van der Waals surface area contributed by atoms with Crippen molar-refractivity contribution in [2.75, 3.05) is 5.73 Å². The molecule has 2 aromatic carbocycles. The largest absolute Gasteiger partial charge is 0.399 e. The Morgan fingerprint density at radius 1 is 0.850 bits per heavy atom. The van der Waals surface area contributed by atoms with Crippen LogP contribution in [0, 0.1) is 34.6 Å². The lowest BCUT2D eigenvalue weighted by Gasteiger charge is -2.15. The highest BCUT2D eigenvalue weighted by atomic mass is 16.1. The zero-order valence-electron chi connectivity index (χ0n) is 12.8. The Bertz CT molecular complexity index is 673. The lowest BCUT2D eigenvalue weighted by Crippen LogP contribution is -2.09. The highest BCUT2D eigenvalue weighted by Gasteiger charge is 2.17. The zero-order chi connectivity index (χ0) is 15.0. The van der Waals surface area contributed by atoms with E-state index in [9.17, 15) is 4.79 Å². The molecule has 0 amide bonds. The molecule has 0 unspecified atom stereocenters. The molecule has 0 aliphatic carbocycles. The average Bonchev–Trinajstić information content (AvgIpc) is 2.40. The number of hydrogen-bond acceptors (Lipinski definition) is 2. The van der Waals surface area contributed by atoms with Crippen molar-refractivity contribution in [2.45, 2.75) is 34.6 Å². The van der Waals surface area contributed by atoms with Crippen LogP contribution in [-0.4, -0.2) is 5.78 Å². The minimum absolute atomic E-state index is 0.0786. The molecule has 0 atom stereocenters. The summed E-state index contributed by atoms with van der Waals surface area (Å²) < 4.78 is 0. The normalized spacial score (nSPS) is 10.7. The van der Waals surface area contributed by atoms with Gasteiger partial charge in [-0.2, -0.15) is 0 Å². The minimum atomic E-state index is 0.0786. The fourth-order valence-corrected chi connectivity index (χ4v) is 2.52. The fourth-order valence-electron chi connectivity index (χ4n) is 2.52. The number of benzene rings is 2. The average molecular weight is 267 g/mol. The summed E-state index contributed by atoms with van der Waals surface area (Å²) in [5.74, 6) is 0.0786. The van der Waals surface area contributed by atoms with Gasteiger partial charge < -0.3 is 5.73 Å². The van der Waals surface area contributed by atoms with Gasteiger partial charge in [0.2, 0.25) is 0 Å². The number of hydrogen-bond donors (Lipinski definition) is 1. The highest BCUT2D eigenvalue weighted by Crippen LogP contribution is 2.25. The summed E-state index contributed by atoms with van der Waals surface area (Å²) in [6.07, 6.45) is 0. The van der Waals surface area contributed by atoms with Gasteiger partial charge >= 0.3 is 0 Å². The first-order valence-electron chi connectivity index (χ1n) is 6.81. The second-order valence-electron chi connectivity index (χ2n) is 5.54. The van der Waals surface area contributed by atoms with Crippen molar-refractivity contribution in [1.82, 2.24) is 0 Å². The van der Waals surface area contributed by atoms with E-state index in [-0.39, 0.29) is 5.78 Å². The van der Waals surface area contributed by atoms with E-state index in [4.69, 9.17) is 5.73 Å². The molecule has 0 aliphatic rings. The van der Waals surface area contributed by atoms with Gasteiger partial charge in [-0.25, -0.2) is 0 Å². The van der Waals surface area contributed by atoms with Crippen LogP contribution >= 0.6 is 0 Å². The Morgan fingerprint density at radius 2 is 1.40 bits per heavy atom. The maximum absolute atomic E-state index is 12.8. The van der Waals surface area contributed by atoms with Crippen molar-refractivity contribution >= 4 is 11.5 Å². The highest BCUT2D eigenvalue weighted by molar-refractivity contribution is 6.11. The van der Waals surface area contributed by atoms with Gasteiger partial charge in [-0.05, 0) is 80.6 Å². The van der Waals surface area contributed by atoms with Crippen LogP contribution in [0.2, 0.25) is 0 Å². The lowest BCUT2D eigenvalue weighted by atomic mass is 9.89. The first-order chi connectivity index (χ1) is 9.32. The number of aryl methyl sites for hydroxylation is 3. The van der Waals surface area contributed by atoms with Crippen molar-refractivity contribution in [2.24, 2.45) is 0 Å². The van der Waals surface area contributed by atoms with Gasteiger partial charge in [-0.1, -0.05) is 6.07 Å². The molecule has 2 aromatic rings. The molecule has 2 rings (SSSR count). The molecular formula is C18H21NO. The van der Waals surface area contributed by atoms with Crippen molar-refractivity contribution in [3.05, 3.63) is 63.2 Å². The Hall–Kier alpha value is -2.09. The number of nitrogens with two attached hydrogens (primary N) is 1. The fraction of sp³-hybridized carbons (Fsp3) is 0.278. The Labute approximate surface area is 120 Å². The quantitative estimate of drug-likeness (QED) is 0.659. The van der Waals surface area contributed by atoms with Crippen molar-refractivity contribution in [3.8, 4) is 0 Å². The summed E-state index contributed by atoms with van der Waals surface area (Å²) in [4.78, 5) is 12.8. The van der Waals surface area contributed by atoms with Gasteiger partial charge in [0, 0.05) is 16.8 Å². The molecule has 0 heterocycles. The van der Waals surface area contributed by atoms with Crippen LogP contribution in [0.1, 0.15) is 43.7 Å². The third-order valence-corrected chi connectivity index (χ3v) is 4.13. The summed E-state index contributed by atoms with van der Waals surface area (Å²) in [6, 6.07) is 7.61. The molecule has 0 bridgehead atoms. The molecule has 2 nitrogen and oxygen atoms in total.